The second-order valence-electron chi connectivity index (χ2n) is 4.17. The van der Waals surface area contributed by atoms with E-state index >= 15 is 0 Å². The van der Waals surface area contributed by atoms with Crippen molar-refractivity contribution in [1.29, 1.82) is 0 Å². The van der Waals surface area contributed by atoms with E-state index in [1.807, 2.05) is 24.3 Å². The van der Waals surface area contributed by atoms with Crippen molar-refractivity contribution in [3.63, 3.8) is 0 Å². The lowest BCUT2D eigenvalue weighted by atomic mass is 10.1. The summed E-state index contributed by atoms with van der Waals surface area (Å²) in [5.74, 6) is 0.353. The van der Waals surface area contributed by atoms with Gasteiger partial charge in [-0.1, -0.05) is 41.0 Å². The Morgan fingerprint density at radius 2 is 2.05 bits per heavy atom. The highest BCUT2D eigenvalue weighted by Gasteiger charge is 2.12. The van der Waals surface area contributed by atoms with Crippen LogP contribution in [0.15, 0.2) is 47.2 Å². The lowest BCUT2D eigenvalue weighted by Crippen LogP contribution is -2.23. The molecular weight excluding hydrogens is 278 g/mol. The summed E-state index contributed by atoms with van der Waals surface area (Å²) in [6.07, 6.45) is 3.00. The minimum absolute atomic E-state index is 0.234. The van der Waals surface area contributed by atoms with Crippen molar-refractivity contribution in [2.45, 2.75) is 6.54 Å². The molecule has 0 aliphatic carbocycles. The van der Waals surface area contributed by atoms with Crippen molar-refractivity contribution in [1.82, 2.24) is 15.5 Å². The third-order valence-electron chi connectivity index (χ3n) is 2.91. The Kier molecular flexibility index (Phi) is 3.35. The minimum Gasteiger partial charge on any atom is -0.360 e. The molecule has 6 heteroatoms. The van der Waals surface area contributed by atoms with E-state index in [1.165, 1.54) is 12.4 Å². The van der Waals surface area contributed by atoms with Gasteiger partial charge < -0.3 is 9.84 Å². The fraction of sp³-hybridized carbons (Fsp3) is 0.0714. The van der Waals surface area contributed by atoms with Crippen LogP contribution in [0.5, 0.6) is 0 Å². The quantitative estimate of drug-likeness (QED) is 0.752. The topological polar surface area (TPSA) is 68.0 Å². The maximum Gasteiger partial charge on any atom is 0.253 e. The first-order chi connectivity index (χ1) is 9.75. The number of rotatable bonds is 3. The van der Waals surface area contributed by atoms with Gasteiger partial charge in [0.1, 0.15) is 5.15 Å². The van der Waals surface area contributed by atoms with Crippen LogP contribution in [0.1, 0.15) is 16.1 Å². The van der Waals surface area contributed by atoms with E-state index < -0.39 is 0 Å². The van der Waals surface area contributed by atoms with Gasteiger partial charge in [0.25, 0.3) is 5.91 Å². The van der Waals surface area contributed by atoms with E-state index in [9.17, 15) is 4.79 Å². The number of nitrogens with zero attached hydrogens (tertiary/aromatic N) is 2. The largest absolute Gasteiger partial charge is 0.360 e. The van der Waals surface area contributed by atoms with Crippen molar-refractivity contribution in [3.05, 3.63) is 59.2 Å². The molecule has 0 atom stereocenters. The van der Waals surface area contributed by atoms with Gasteiger partial charge in [0.15, 0.2) is 5.76 Å². The molecule has 0 saturated heterocycles. The molecular formula is C14H10ClN3O2. The second kappa shape index (κ2) is 5.30. The first kappa shape index (κ1) is 12.6. The van der Waals surface area contributed by atoms with Gasteiger partial charge in [-0.2, -0.15) is 0 Å². The predicted octanol–water partition coefficient (Wildman–Crippen LogP) is 2.81. The molecule has 2 aromatic heterocycles. The Morgan fingerprint density at radius 3 is 2.80 bits per heavy atom. The van der Waals surface area contributed by atoms with E-state index in [-0.39, 0.29) is 12.5 Å². The number of benzene rings is 1. The van der Waals surface area contributed by atoms with Crippen LogP contribution in [-0.2, 0) is 6.54 Å². The van der Waals surface area contributed by atoms with E-state index in [0.717, 1.165) is 10.8 Å². The van der Waals surface area contributed by atoms with Crippen molar-refractivity contribution >= 4 is 28.3 Å². The van der Waals surface area contributed by atoms with Gasteiger partial charge in [0, 0.05) is 17.6 Å². The first-order valence-corrected chi connectivity index (χ1v) is 6.34. The third-order valence-corrected chi connectivity index (χ3v) is 3.21. The van der Waals surface area contributed by atoms with E-state index in [2.05, 4.69) is 15.5 Å². The summed E-state index contributed by atoms with van der Waals surface area (Å²) in [5, 5.41) is 8.23. The SMILES string of the molecule is O=C(NCc1ccno1)c1cnc(Cl)c2ccccc12. The van der Waals surface area contributed by atoms with Gasteiger partial charge in [0.05, 0.1) is 18.3 Å². The molecule has 3 aromatic rings. The number of fused-ring (bicyclic) bond motifs is 1. The highest BCUT2D eigenvalue weighted by molar-refractivity contribution is 6.34. The van der Waals surface area contributed by atoms with Crippen LogP contribution in [0, 0.1) is 0 Å². The van der Waals surface area contributed by atoms with Gasteiger partial charge in [-0.05, 0) is 5.39 Å². The van der Waals surface area contributed by atoms with Gasteiger partial charge in [-0.15, -0.1) is 0 Å². The zero-order chi connectivity index (χ0) is 13.9. The number of amides is 1. The van der Waals surface area contributed by atoms with Crippen molar-refractivity contribution in [3.8, 4) is 0 Å². The van der Waals surface area contributed by atoms with E-state index in [0.29, 0.717) is 16.5 Å². The maximum absolute atomic E-state index is 12.2. The molecule has 0 bridgehead atoms. The monoisotopic (exact) mass is 287 g/mol. The predicted molar refractivity (Wildman–Crippen MR) is 74.4 cm³/mol. The summed E-state index contributed by atoms with van der Waals surface area (Å²) in [6, 6.07) is 9.07. The first-order valence-electron chi connectivity index (χ1n) is 5.96. The Balaban J connectivity index is 1.90. The van der Waals surface area contributed by atoms with Crippen LogP contribution in [0.2, 0.25) is 5.15 Å². The molecule has 5 nitrogen and oxygen atoms in total. The van der Waals surface area contributed by atoms with Crippen LogP contribution in [0.4, 0.5) is 0 Å². The number of hydrogen-bond donors (Lipinski definition) is 1. The molecule has 1 aromatic carbocycles. The molecule has 20 heavy (non-hydrogen) atoms. The molecule has 1 amide bonds. The standard InChI is InChI=1S/C14H10ClN3O2/c15-13-11-4-2-1-3-10(11)12(8-16-13)14(19)17-7-9-5-6-18-20-9/h1-6,8H,7H2,(H,17,19). The number of halogens is 1. The summed E-state index contributed by atoms with van der Waals surface area (Å²) >= 11 is 6.03. The smallest absolute Gasteiger partial charge is 0.253 e. The molecule has 0 spiro atoms. The summed E-state index contributed by atoms with van der Waals surface area (Å²) in [4.78, 5) is 16.3. The number of carbonyl (C=O) groups excluding carboxylic acids is 1. The summed E-state index contributed by atoms with van der Waals surface area (Å²) in [5.41, 5.74) is 0.476. The molecule has 0 saturated carbocycles. The Labute approximate surface area is 119 Å². The second-order valence-corrected chi connectivity index (χ2v) is 4.53. The summed E-state index contributed by atoms with van der Waals surface area (Å²) < 4.78 is 4.92. The lowest BCUT2D eigenvalue weighted by molar-refractivity contribution is 0.0948. The van der Waals surface area contributed by atoms with Crippen LogP contribution in [0.25, 0.3) is 10.8 Å². The highest BCUT2D eigenvalue weighted by atomic mass is 35.5. The average molecular weight is 288 g/mol. The maximum atomic E-state index is 12.2. The zero-order valence-electron chi connectivity index (χ0n) is 10.3. The van der Waals surface area contributed by atoms with Gasteiger partial charge >= 0.3 is 0 Å². The molecule has 0 aliphatic rings. The molecule has 100 valence electrons. The number of pyridine rings is 1. The molecule has 3 rings (SSSR count). The van der Waals surface area contributed by atoms with Gasteiger partial charge in [0.2, 0.25) is 0 Å². The Bertz CT molecular complexity index is 756. The number of nitrogens with one attached hydrogen (secondary N) is 1. The van der Waals surface area contributed by atoms with Crippen LogP contribution < -0.4 is 5.32 Å². The fourth-order valence-electron chi connectivity index (χ4n) is 1.94. The van der Waals surface area contributed by atoms with Crippen molar-refractivity contribution in [2.75, 3.05) is 0 Å². The number of aromatic nitrogens is 2. The molecule has 2 heterocycles. The molecule has 1 N–H and O–H groups in total. The van der Waals surface area contributed by atoms with E-state index in [1.54, 1.807) is 6.07 Å². The van der Waals surface area contributed by atoms with Crippen molar-refractivity contribution < 1.29 is 9.32 Å². The summed E-state index contributed by atoms with van der Waals surface area (Å²) in [7, 11) is 0. The third kappa shape index (κ3) is 2.35. The fourth-order valence-corrected chi connectivity index (χ4v) is 2.15. The lowest BCUT2D eigenvalue weighted by Gasteiger charge is -2.07. The number of hydrogen-bond acceptors (Lipinski definition) is 4. The zero-order valence-corrected chi connectivity index (χ0v) is 11.1. The van der Waals surface area contributed by atoms with Crippen molar-refractivity contribution in [2.24, 2.45) is 0 Å². The van der Waals surface area contributed by atoms with Gasteiger partial charge in [-0.25, -0.2) is 4.98 Å². The van der Waals surface area contributed by atoms with E-state index in [4.69, 9.17) is 16.1 Å². The van der Waals surface area contributed by atoms with Crippen LogP contribution >= 0.6 is 11.6 Å². The van der Waals surface area contributed by atoms with Gasteiger partial charge in [-0.3, -0.25) is 4.79 Å². The molecule has 0 radical (unpaired) electrons. The van der Waals surface area contributed by atoms with Crippen LogP contribution in [-0.4, -0.2) is 16.0 Å². The molecule has 0 fully saturated rings. The normalized spacial score (nSPS) is 10.7. The number of carbonyl (C=O) groups is 1. The van der Waals surface area contributed by atoms with Crippen LogP contribution in [0.3, 0.4) is 0 Å². The highest BCUT2D eigenvalue weighted by Crippen LogP contribution is 2.24. The average Bonchev–Trinajstić information content (AvgIpc) is 2.99. The minimum atomic E-state index is -0.234. The molecule has 0 aliphatic heterocycles. The summed E-state index contributed by atoms with van der Waals surface area (Å²) in [6.45, 7) is 0.274. The molecule has 0 unspecified atom stereocenters. The Hall–Kier alpha value is -2.40. The Morgan fingerprint density at radius 1 is 1.25 bits per heavy atom.